The minimum atomic E-state index is -1.26. The van der Waals surface area contributed by atoms with Gasteiger partial charge in [0.15, 0.2) is 6.04 Å². The standard InChI is InChI=1S/C8H15N3O4/c9-5-1-2-11(3-5)8(15)10-6(4-12)7(13)14/h5-6,12H,1-4,9H2,(H,10,15)(H,13,14)/t5?,6-/m0/s1. The predicted molar refractivity (Wildman–Crippen MR) is 51.2 cm³/mol. The second kappa shape index (κ2) is 4.94. The second-order valence-electron chi connectivity index (χ2n) is 3.52. The zero-order valence-electron chi connectivity index (χ0n) is 8.22. The molecule has 1 aliphatic rings. The highest BCUT2D eigenvalue weighted by Gasteiger charge is 2.27. The van der Waals surface area contributed by atoms with E-state index in [2.05, 4.69) is 5.32 Å². The first-order valence-electron chi connectivity index (χ1n) is 4.69. The highest BCUT2D eigenvalue weighted by molar-refractivity contribution is 5.82. The number of nitrogens with two attached hydrogens (primary N) is 1. The number of amides is 2. The molecule has 1 saturated heterocycles. The van der Waals surface area contributed by atoms with E-state index in [4.69, 9.17) is 15.9 Å². The van der Waals surface area contributed by atoms with E-state index in [1.54, 1.807) is 0 Å². The van der Waals surface area contributed by atoms with Crippen LogP contribution >= 0.6 is 0 Å². The molecule has 1 heterocycles. The van der Waals surface area contributed by atoms with E-state index in [0.29, 0.717) is 19.5 Å². The zero-order chi connectivity index (χ0) is 11.4. The molecule has 0 aromatic heterocycles. The van der Waals surface area contributed by atoms with E-state index >= 15 is 0 Å². The smallest absolute Gasteiger partial charge is 0.328 e. The fourth-order valence-corrected chi connectivity index (χ4v) is 1.40. The molecule has 0 aromatic carbocycles. The topological polar surface area (TPSA) is 116 Å². The van der Waals surface area contributed by atoms with Gasteiger partial charge < -0.3 is 26.2 Å². The summed E-state index contributed by atoms with van der Waals surface area (Å²) in [6.07, 6.45) is 0.713. The van der Waals surface area contributed by atoms with Crippen LogP contribution in [0.2, 0.25) is 0 Å². The molecule has 0 saturated carbocycles. The van der Waals surface area contributed by atoms with Crippen molar-refractivity contribution in [2.75, 3.05) is 19.7 Å². The number of carbonyl (C=O) groups is 2. The molecule has 0 aliphatic carbocycles. The Kier molecular flexibility index (Phi) is 3.87. The maximum absolute atomic E-state index is 11.4. The van der Waals surface area contributed by atoms with E-state index in [0.717, 1.165) is 0 Å². The minimum absolute atomic E-state index is 0.0480. The van der Waals surface area contributed by atoms with Crippen molar-refractivity contribution in [1.82, 2.24) is 10.2 Å². The average Bonchev–Trinajstić information content (AvgIpc) is 2.60. The van der Waals surface area contributed by atoms with Crippen molar-refractivity contribution in [1.29, 1.82) is 0 Å². The van der Waals surface area contributed by atoms with Gasteiger partial charge in [-0.05, 0) is 6.42 Å². The molecule has 1 fully saturated rings. The number of nitrogens with one attached hydrogen (secondary N) is 1. The molecule has 7 nitrogen and oxygen atoms in total. The Hall–Kier alpha value is -1.34. The third kappa shape index (κ3) is 3.07. The van der Waals surface area contributed by atoms with Crippen molar-refractivity contribution in [3.63, 3.8) is 0 Å². The van der Waals surface area contributed by atoms with E-state index in [9.17, 15) is 9.59 Å². The summed E-state index contributed by atoms with van der Waals surface area (Å²) in [7, 11) is 0. The highest BCUT2D eigenvalue weighted by Crippen LogP contribution is 2.06. The zero-order valence-corrected chi connectivity index (χ0v) is 8.22. The highest BCUT2D eigenvalue weighted by atomic mass is 16.4. The van der Waals surface area contributed by atoms with Crippen LogP contribution in [0.25, 0.3) is 0 Å². The number of rotatable bonds is 3. The molecule has 5 N–H and O–H groups in total. The van der Waals surface area contributed by atoms with Crippen LogP contribution in [-0.2, 0) is 4.79 Å². The number of hydrogen-bond acceptors (Lipinski definition) is 4. The molecule has 2 amide bonds. The van der Waals surface area contributed by atoms with Crippen LogP contribution in [0.1, 0.15) is 6.42 Å². The molecule has 1 rings (SSSR count). The van der Waals surface area contributed by atoms with Gasteiger partial charge in [-0.15, -0.1) is 0 Å². The third-order valence-electron chi connectivity index (χ3n) is 2.29. The third-order valence-corrected chi connectivity index (χ3v) is 2.29. The van der Waals surface area contributed by atoms with Gasteiger partial charge in [0.05, 0.1) is 6.61 Å². The Labute approximate surface area is 86.8 Å². The number of carbonyl (C=O) groups excluding carboxylic acids is 1. The number of aliphatic hydroxyl groups is 1. The minimum Gasteiger partial charge on any atom is -0.480 e. The maximum Gasteiger partial charge on any atom is 0.328 e. The quantitative estimate of drug-likeness (QED) is 0.444. The van der Waals surface area contributed by atoms with E-state index in [1.807, 2.05) is 0 Å². The number of carboxylic acid groups (broad SMARTS) is 1. The summed E-state index contributed by atoms with van der Waals surface area (Å²) in [5.41, 5.74) is 5.60. The van der Waals surface area contributed by atoms with Crippen LogP contribution in [-0.4, -0.2) is 58.9 Å². The lowest BCUT2D eigenvalue weighted by Crippen LogP contribution is -2.49. The maximum atomic E-state index is 11.4. The first-order chi connectivity index (χ1) is 7.04. The van der Waals surface area contributed by atoms with Crippen molar-refractivity contribution in [3.8, 4) is 0 Å². The monoisotopic (exact) mass is 217 g/mol. The largest absolute Gasteiger partial charge is 0.480 e. The molecule has 1 aliphatic heterocycles. The summed E-state index contributed by atoms with van der Waals surface area (Å²) < 4.78 is 0. The molecule has 1 unspecified atom stereocenters. The molecule has 7 heteroatoms. The van der Waals surface area contributed by atoms with Gasteiger partial charge in [0.2, 0.25) is 0 Å². The molecule has 15 heavy (non-hydrogen) atoms. The van der Waals surface area contributed by atoms with Crippen LogP contribution in [0.15, 0.2) is 0 Å². The van der Waals surface area contributed by atoms with Crippen LogP contribution in [0, 0.1) is 0 Å². The van der Waals surface area contributed by atoms with Gasteiger partial charge in [-0.2, -0.15) is 0 Å². The van der Waals surface area contributed by atoms with Crippen LogP contribution in [0.3, 0.4) is 0 Å². The van der Waals surface area contributed by atoms with E-state index in [1.165, 1.54) is 4.90 Å². The SMILES string of the molecule is NC1CCN(C(=O)N[C@@H](CO)C(=O)O)C1. The number of carboxylic acids is 1. The van der Waals surface area contributed by atoms with Crippen LogP contribution in [0.4, 0.5) is 4.79 Å². The molecule has 86 valence electrons. The molecule has 2 atom stereocenters. The fourth-order valence-electron chi connectivity index (χ4n) is 1.40. The average molecular weight is 217 g/mol. The molecule has 0 aromatic rings. The number of nitrogens with zero attached hydrogens (tertiary/aromatic N) is 1. The van der Waals surface area contributed by atoms with Crippen molar-refractivity contribution in [2.24, 2.45) is 5.73 Å². The van der Waals surface area contributed by atoms with Gasteiger partial charge in [0, 0.05) is 19.1 Å². The van der Waals surface area contributed by atoms with E-state index in [-0.39, 0.29) is 6.04 Å². The van der Waals surface area contributed by atoms with Gasteiger partial charge >= 0.3 is 12.0 Å². The van der Waals surface area contributed by atoms with Gasteiger partial charge in [-0.25, -0.2) is 9.59 Å². The summed E-state index contributed by atoms with van der Waals surface area (Å²) in [5, 5.41) is 19.5. The van der Waals surface area contributed by atoms with Gasteiger partial charge in [-0.1, -0.05) is 0 Å². The Morgan fingerprint density at radius 1 is 1.60 bits per heavy atom. The lowest BCUT2D eigenvalue weighted by molar-refractivity contribution is -0.140. The van der Waals surface area contributed by atoms with E-state index < -0.39 is 24.6 Å². The predicted octanol–water partition coefficient (Wildman–Crippen LogP) is -1.83. The summed E-state index contributed by atoms with van der Waals surface area (Å²) in [5.74, 6) is -1.26. The van der Waals surface area contributed by atoms with Crippen molar-refractivity contribution >= 4 is 12.0 Å². The first-order valence-corrected chi connectivity index (χ1v) is 4.69. The Morgan fingerprint density at radius 2 is 2.27 bits per heavy atom. The number of urea groups is 1. The number of aliphatic hydroxyl groups excluding tert-OH is 1. The van der Waals surface area contributed by atoms with Gasteiger partial charge in [-0.3, -0.25) is 0 Å². The van der Waals surface area contributed by atoms with Crippen molar-refractivity contribution in [2.45, 2.75) is 18.5 Å². The van der Waals surface area contributed by atoms with Crippen LogP contribution < -0.4 is 11.1 Å². The first kappa shape index (κ1) is 11.7. The molecule has 0 radical (unpaired) electrons. The Morgan fingerprint density at radius 3 is 2.67 bits per heavy atom. The number of likely N-dealkylation sites (tertiary alicyclic amines) is 1. The Balaban J connectivity index is 2.44. The van der Waals surface area contributed by atoms with Crippen molar-refractivity contribution < 1.29 is 19.8 Å². The van der Waals surface area contributed by atoms with Crippen LogP contribution in [0.5, 0.6) is 0 Å². The summed E-state index contributed by atoms with van der Waals surface area (Å²) in [6.45, 7) is 0.315. The second-order valence-corrected chi connectivity index (χ2v) is 3.52. The van der Waals surface area contributed by atoms with Gasteiger partial charge in [0.1, 0.15) is 0 Å². The summed E-state index contributed by atoms with van der Waals surface area (Å²) >= 11 is 0. The lowest BCUT2D eigenvalue weighted by atomic mass is 10.3. The van der Waals surface area contributed by atoms with Gasteiger partial charge in [0.25, 0.3) is 0 Å². The van der Waals surface area contributed by atoms with Crippen molar-refractivity contribution in [3.05, 3.63) is 0 Å². The Bertz CT molecular complexity index is 258. The molecule has 0 bridgehead atoms. The fraction of sp³-hybridized carbons (Fsp3) is 0.750. The molecule has 0 spiro atoms. The molecular weight excluding hydrogens is 202 g/mol. The molecular formula is C8H15N3O4. The number of aliphatic carboxylic acids is 1. The normalized spacial score (nSPS) is 22.5. The summed E-state index contributed by atoms with van der Waals surface area (Å²) in [4.78, 5) is 23.4. The summed E-state index contributed by atoms with van der Waals surface area (Å²) in [6, 6.07) is -1.80. The lowest BCUT2D eigenvalue weighted by Gasteiger charge is -2.19. The number of hydrogen-bond donors (Lipinski definition) is 4.